The van der Waals surface area contributed by atoms with Crippen molar-refractivity contribution in [3.63, 3.8) is 0 Å². The molecule has 0 spiro atoms. The van der Waals surface area contributed by atoms with E-state index in [4.69, 9.17) is 0 Å². The first-order chi connectivity index (χ1) is 6.25. The maximum absolute atomic E-state index is 11.3. The number of benzene rings is 1. The summed E-state index contributed by atoms with van der Waals surface area (Å²) in [7, 11) is 0. The van der Waals surface area contributed by atoms with Gasteiger partial charge in [-0.2, -0.15) is 0 Å². The van der Waals surface area contributed by atoms with E-state index in [0.29, 0.717) is 6.54 Å². The van der Waals surface area contributed by atoms with Gasteiger partial charge in [0.05, 0.1) is 5.56 Å². The molecule has 0 aliphatic carbocycles. The molecule has 3 nitrogen and oxygen atoms in total. The third-order valence-corrected chi connectivity index (χ3v) is 1.56. The number of hydrogen-bond acceptors (Lipinski definition) is 2. The monoisotopic (exact) mass is 177 g/mol. The first-order valence-electron chi connectivity index (χ1n) is 3.93. The quantitative estimate of drug-likeness (QED) is 0.684. The number of aromatic hydroxyl groups is 1. The number of para-hydroxylation sites is 1. The smallest absolute Gasteiger partial charge is 0.255 e. The van der Waals surface area contributed by atoms with Crippen LogP contribution in [0.4, 0.5) is 0 Å². The molecule has 0 aliphatic rings. The maximum atomic E-state index is 11.3. The number of carbonyl (C=O) groups is 1. The lowest BCUT2D eigenvalue weighted by Gasteiger charge is -2.03. The Hall–Kier alpha value is -1.77. The zero-order chi connectivity index (χ0) is 9.68. The van der Waals surface area contributed by atoms with Crippen molar-refractivity contribution in [1.82, 2.24) is 5.32 Å². The molecule has 0 fully saturated rings. The second-order valence-electron chi connectivity index (χ2n) is 2.52. The largest absolute Gasteiger partial charge is 0.507 e. The molecule has 13 heavy (non-hydrogen) atoms. The highest BCUT2D eigenvalue weighted by Crippen LogP contribution is 2.14. The van der Waals surface area contributed by atoms with E-state index in [0.717, 1.165) is 0 Å². The van der Waals surface area contributed by atoms with E-state index in [2.05, 4.69) is 11.9 Å². The van der Waals surface area contributed by atoms with Crippen LogP contribution < -0.4 is 5.32 Å². The predicted octanol–water partition coefficient (Wildman–Crippen LogP) is 1.31. The summed E-state index contributed by atoms with van der Waals surface area (Å²) < 4.78 is 0. The lowest BCUT2D eigenvalue weighted by atomic mass is 10.2. The van der Waals surface area contributed by atoms with Crippen molar-refractivity contribution in [3.05, 3.63) is 42.5 Å². The van der Waals surface area contributed by atoms with Crippen LogP contribution in [0.1, 0.15) is 10.4 Å². The van der Waals surface area contributed by atoms with Crippen LogP contribution in [0, 0.1) is 0 Å². The molecule has 0 bridgehead atoms. The fourth-order valence-corrected chi connectivity index (χ4v) is 0.926. The minimum Gasteiger partial charge on any atom is -0.507 e. The average molecular weight is 177 g/mol. The number of phenolic OH excluding ortho intramolecular Hbond substituents is 1. The van der Waals surface area contributed by atoms with Gasteiger partial charge in [-0.15, -0.1) is 6.58 Å². The van der Waals surface area contributed by atoms with Crippen LogP contribution in [-0.4, -0.2) is 17.6 Å². The first kappa shape index (κ1) is 9.32. The topological polar surface area (TPSA) is 49.3 Å². The highest BCUT2D eigenvalue weighted by molar-refractivity contribution is 5.96. The maximum Gasteiger partial charge on any atom is 0.255 e. The van der Waals surface area contributed by atoms with Gasteiger partial charge in [-0.1, -0.05) is 18.2 Å². The second-order valence-corrected chi connectivity index (χ2v) is 2.52. The van der Waals surface area contributed by atoms with Crippen molar-refractivity contribution in [2.75, 3.05) is 6.54 Å². The number of rotatable bonds is 3. The Balaban J connectivity index is 2.76. The van der Waals surface area contributed by atoms with Gasteiger partial charge in [0.1, 0.15) is 5.75 Å². The normalized spacial score (nSPS) is 9.23. The van der Waals surface area contributed by atoms with Crippen molar-refractivity contribution in [2.45, 2.75) is 0 Å². The summed E-state index contributed by atoms with van der Waals surface area (Å²) in [5, 5.41) is 11.9. The minimum atomic E-state index is -0.294. The van der Waals surface area contributed by atoms with Crippen LogP contribution in [0.3, 0.4) is 0 Å². The Morgan fingerprint density at radius 2 is 2.23 bits per heavy atom. The Labute approximate surface area is 76.7 Å². The molecule has 3 heteroatoms. The van der Waals surface area contributed by atoms with Crippen molar-refractivity contribution >= 4 is 5.91 Å². The minimum absolute atomic E-state index is 0.0101. The van der Waals surface area contributed by atoms with Gasteiger partial charge in [0.15, 0.2) is 0 Å². The molecule has 1 amide bonds. The molecule has 0 unspecified atom stereocenters. The van der Waals surface area contributed by atoms with Crippen LogP contribution >= 0.6 is 0 Å². The van der Waals surface area contributed by atoms with E-state index >= 15 is 0 Å². The number of hydrogen-bond donors (Lipinski definition) is 2. The fourth-order valence-electron chi connectivity index (χ4n) is 0.926. The van der Waals surface area contributed by atoms with Crippen LogP contribution in [0.25, 0.3) is 0 Å². The van der Waals surface area contributed by atoms with Crippen LogP contribution in [-0.2, 0) is 0 Å². The van der Waals surface area contributed by atoms with Gasteiger partial charge in [-0.25, -0.2) is 0 Å². The molecule has 0 saturated carbocycles. The summed E-state index contributed by atoms with van der Waals surface area (Å²) in [6.45, 7) is 3.87. The zero-order valence-electron chi connectivity index (χ0n) is 7.16. The summed E-state index contributed by atoms with van der Waals surface area (Å²) in [5.74, 6) is -0.304. The van der Waals surface area contributed by atoms with E-state index in [-0.39, 0.29) is 17.2 Å². The van der Waals surface area contributed by atoms with E-state index in [9.17, 15) is 9.90 Å². The van der Waals surface area contributed by atoms with Gasteiger partial charge in [-0.05, 0) is 12.1 Å². The van der Waals surface area contributed by atoms with Gasteiger partial charge < -0.3 is 10.4 Å². The number of carbonyl (C=O) groups excluding carboxylic acids is 1. The molecule has 0 aliphatic heterocycles. The molecule has 1 aromatic carbocycles. The van der Waals surface area contributed by atoms with Crippen LogP contribution in [0.5, 0.6) is 5.75 Å². The second kappa shape index (κ2) is 4.30. The van der Waals surface area contributed by atoms with Crippen LogP contribution in [0.2, 0.25) is 0 Å². The Kier molecular flexibility index (Phi) is 3.09. The Morgan fingerprint density at radius 1 is 1.54 bits per heavy atom. The summed E-state index contributed by atoms with van der Waals surface area (Å²) in [5.41, 5.74) is 0.282. The predicted molar refractivity (Wildman–Crippen MR) is 50.6 cm³/mol. The van der Waals surface area contributed by atoms with Crippen molar-refractivity contribution in [2.24, 2.45) is 0 Å². The molecule has 0 aromatic heterocycles. The third-order valence-electron chi connectivity index (χ3n) is 1.56. The van der Waals surface area contributed by atoms with Gasteiger partial charge in [0, 0.05) is 6.54 Å². The van der Waals surface area contributed by atoms with E-state index < -0.39 is 0 Å². The summed E-state index contributed by atoms with van der Waals surface area (Å²) in [6, 6.07) is 6.40. The lowest BCUT2D eigenvalue weighted by molar-refractivity contribution is 0.0955. The molecule has 68 valence electrons. The molecule has 0 atom stereocenters. The molecule has 1 rings (SSSR count). The molecular formula is C10H11NO2. The van der Waals surface area contributed by atoms with E-state index in [1.165, 1.54) is 6.07 Å². The lowest BCUT2D eigenvalue weighted by Crippen LogP contribution is -2.23. The van der Waals surface area contributed by atoms with Crippen LogP contribution in [0.15, 0.2) is 36.9 Å². The van der Waals surface area contributed by atoms with Gasteiger partial charge in [0.2, 0.25) is 0 Å². The molecular weight excluding hydrogens is 166 g/mol. The summed E-state index contributed by atoms with van der Waals surface area (Å²) >= 11 is 0. The first-order valence-corrected chi connectivity index (χ1v) is 3.93. The molecule has 0 heterocycles. The molecule has 2 N–H and O–H groups in total. The van der Waals surface area contributed by atoms with Gasteiger partial charge in [0.25, 0.3) is 5.91 Å². The zero-order valence-corrected chi connectivity index (χ0v) is 7.16. The Bertz CT molecular complexity index is 320. The van der Waals surface area contributed by atoms with Crippen molar-refractivity contribution < 1.29 is 9.90 Å². The highest BCUT2D eigenvalue weighted by Gasteiger charge is 2.07. The van der Waals surface area contributed by atoms with Gasteiger partial charge >= 0.3 is 0 Å². The van der Waals surface area contributed by atoms with E-state index in [1.54, 1.807) is 24.3 Å². The van der Waals surface area contributed by atoms with Gasteiger partial charge in [-0.3, -0.25) is 4.79 Å². The number of nitrogens with one attached hydrogen (secondary N) is 1. The number of phenols is 1. The summed E-state index contributed by atoms with van der Waals surface area (Å²) in [6.07, 6.45) is 1.58. The molecule has 1 aromatic rings. The van der Waals surface area contributed by atoms with Crippen molar-refractivity contribution in [3.8, 4) is 5.75 Å². The fraction of sp³-hybridized carbons (Fsp3) is 0.100. The van der Waals surface area contributed by atoms with Crippen molar-refractivity contribution in [1.29, 1.82) is 0 Å². The SMILES string of the molecule is C=CCNC(=O)c1ccccc1O. The average Bonchev–Trinajstić information content (AvgIpc) is 2.15. The molecule has 0 radical (unpaired) electrons. The molecule has 0 saturated heterocycles. The number of amides is 1. The Morgan fingerprint density at radius 3 is 2.85 bits per heavy atom. The summed E-state index contributed by atoms with van der Waals surface area (Å²) in [4.78, 5) is 11.3. The third kappa shape index (κ3) is 2.33. The standard InChI is InChI=1S/C10H11NO2/c1-2-7-11-10(13)8-5-3-4-6-9(8)12/h2-6,12H,1,7H2,(H,11,13). The van der Waals surface area contributed by atoms with E-state index in [1.807, 2.05) is 0 Å². The highest BCUT2D eigenvalue weighted by atomic mass is 16.3.